The number of anilines is 1. The van der Waals surface area contributed by atoms with Crippen molar-refractivity contribution in [1.82, 2.24) is 0 Å². The van der Waals surface area contributed by atoms with E-state index in [4.69, 9.17) is 16.3 Å². The summed E-state index contributed by atoms with van der Waals surface area (Å²) in [6, 6.07) is 3.96. The molecule has 1 aliphatic rings. The lowest BCUT2D eigenvalue weighted by Gasteiger charge is -2.38. The Bertz CT molecular complexity index is 573. The number of carboxylic acids is 1. The first-order valence-electron chi connectivity index (χ1n) is 6.88. The van der Waals surface area contributed by atoms with Crippen LogP contribution >= 0.6 is 11.6 Å². The standard InChI is InChI=1S/C15H18ClNO4/c1-4-10(15(19)20)17-11-7-9(16)5-6-12(11)21-13(8(2)3)14(17)18/h5-8,10,13H,4H2,1-3H3,(H,19,20). The van der Waals surface area contributed by atoms with Crippen LogP contribution in [0.5, 0.6) is 5.75 Å². The second kappa shape index (κ2) is 5.93. The van der Waals surface area contributed by atoms with Crippen LogP contribution in [0.3, 0.4) is 0 Å². The van der Waals surface area contributed by atoms with Gasteiger partial charge in [-0.25, -0.2) is 4.79 Å². The normalized spacial score (nSPS) is 19.2. The summed E-state index contributed by atoms with van der Waals surface area (Å²) in [5.41, 5.74) is 0.415. The van der Waals surface area contributed by atoms with Crippen molar-refractivity contribution in [3.05, 3.63) is 23.2 Å². The predicted molar refractivity (Wildman–Crippen MR) is 79.9 cm³/mol. The highest BCUT2D eigenvalue weighted by Gasteiger charge is 2.41. The summed E-state index contributed by atoms with van der Waals surface area (Å²) in [7, 11) is 0. The molecule has 1 aromatic carbocycles. The lowest BCUT2D eigenvalue weighted by atomic mass is 10.0. The van der Waals surface area contributed by atoms with Gasteiger partial charge in [0.2, 0.25) is 0 Å². The minimum Gasteiger partial charge on any atom is -0.480 e. The van der Waals surface area contributed by atoms with E-state index in [0.29, 0.717) is 22.9 Å². The van der Waals surface area contributed by atoms with Crippen LogP contribution in [-0.2, 0) is 9.59 Å². The van der Waals surface area contributed by atoms with Gasteiger partial charge in [0, 0.05) is 5.02 Å². The summed E-state index contributed by atoms with van der Waals surface area (Å²) in [4.78, 5) is 25.4. The highest BCUT2D eigenvalue weighted by atomic mass is 35.5. The van der Waals surface area contributed by atoms with Crippen molar-refractivity contribution >= 4 is 29.2 Å². The molecule has 0 aliphatic carbocycles. The van der Waals surface area contributed by atoms with Gasteiger partial charge in [-0.3, -0.25) is 9.69 Å². The highest BCUT2D eigenvalue weighted by Crippen LogP contribution is 2.39. The maximum atomic E-state index is 12.6. The Morgan fingerprint density at radius 2 is 2.14 bits per heavy atom. The van der Waals surface area contributed by atoms with E-state index in [2.05, 4.69) is 0 Å². The van der Waals surface area contributed by atoms with Crippen LogP contribution < -0.4 is 9.64 Å². The first kappa shape index (κ1) is 15.6. The average Bonchev–Trinajstić information content (AvgIpc) is 2.41. The molecule has 1 heterocycles. The van der Waals surface area contributed by atoms with Crippen molar-refractivity contribution < 1.29 is 19.4 Å². The molecule has 0 bridgehead atoms. The highest BCUT2D eigenvalue weighted by molar-refractivity contribution is 6.31. The zero-order valence-corrected chi connectivity index (χ0v) is 12.9. The summed E-state index contributed by atoms with van der Waals surface area (Å²) in [6.45, 7) is 5.46. The molecule has 1 amide bonds. The van der Waals surface area contributed by atoms with Gasteiger partial charge in [0.1, 0.15) is 11.8 Å². The van der Waals surface area contributed by atoms with Crippen molar-refractivity contribution in [3.8, 4) is 5.75 Å². The van der Waals surface area contributed by atoms with Gasteiger partial charge < -0.3 is 9.84 Å². The van der Waals surface area contributed by atoms with E-state index in [-0.39, 0.29) is 11.8 Å². The zero-order valence-electron chi connectivity index (χ0n) is 12.2. The van der Waals surface area contributed by atoms with E-state index in [1.807, 2.05) is 13.8 Å². The number of ether oxygens (including phenoxy) is 1. The molecular formula is C15H18ClNO4. The van der Waals surface area contributed by atoms with Crippen LogP contribution in [0.4, 0.5) is 5.69 Å². The van der Waals surface area contributed by atoms with Gasteiger partial charge in [0.15, 0.2) is 6.10 Å². The first-order chi connectivity index (χ1) is 9.86. The van der Waals surface area contributed by atoms with Crippen LogP contribution in [0.25, 0.3) is 0 Å². The molecule has 6 heteroatoms. The molecule has 0 saturated carbocycles. The Balaban J connectivity index is 2.56. The topological polar surface area (TPSA) is 66.8 Å². The number of hydrogen-bond donors (Lipinski definition) is 1. The lowest BCUT2D eigenvalue weighted by molar-refractivity contribution is -0.141. The zero-order chi connectivity index (χ0) is 15.7. The molecule has 0 aromatic heterocycles. The number of hydrogen-bond acceptors (Lipinski definition) is 3. The second-order valence-electron chi connectivity index (χ2n) is 5.37. The van der Waals surface area contributed by atoms with Crippen LogP contribution in [0.2, 0.25) is 5.02 Å². The summed E-state index contributed by atoms with van der Waals surface area (Å²) in [6.07, 6.45) is -0.384. The number of carboxylic acid groups (broad SMARTS) is 1. The Kier molecular flexibility index (Phi) is 4.42. The van der Waals surface area contributed by atoms with Crippen LogP contribution in [-0.4, -0.2) is 29.1 Å². The van der Waals surface area contributed by atoms with Crippen molar-refractivity contribution in [1.29, 1.82) is 0 Å². The van der Waals surface area contributed by atoms with Crippen LogP contribution in [0.15, 0.2) is 18.2 Å². The summed E-state index contributed by atoms with van der Waals surface area (Å²) < 4.78 is 5.72. The van der Waals surface area contributed by atoms with Crippen molar-refractivity contribution in [2.75, 3.05) is 4.90 Å². The second-order valence-corrected chi connectivity index (χ2v) is 5.80. The third-order valence-electron chi connectivity index (χ3n) is 3.50. The van der Waals surface area contributed by atoms with E-state index in [1.165, 1.54) is 4.90 Å². The predicted octanol–water partition coefficient (Wildman–Crippen LogP) is 2.95. The molecule has 0 fully saturated rings. The molecule has 2 rings (SSSR count). The number of nitrogens with zero attached hydrogens (tertiary/aromatic N) is 1. The van der Waals surface area contributed by atoms with Gasteiger partial charge in [0.05, 0.1) is 5.69 Å². The van der Waals surface area contributed by atoms with Gasteiger partial charge >= 0.3 is 5.97 Å². The van der Waals surface area contributed by atoms with Crippen LogP contribution in [0, 0.1) is 5.92 Å². The monoisotopic (exact) mass is 311 g/mol. The van der Waals surface area contributed by atoms with Gasteiger partial charge in [0.25, 0.3) is 5.91 Å². The van der Waals surface area contributed by atoms with Crippen molar-refractivity contribution in [2.24, 2.45) is 5.92 Å². The van der Waals surface area contributed by atoms with Crippen molar-refractivity contribution in [2.45, 2.75) is 39.3 Å². The Hall–Kier alpha value is -1.75. The lowest BCUT2D eigenvalue weighted by Crippen LogP contribution is -2.54. The maximum Gasteiger partial charge on any atom is 0.326 e. The first-order valence-corrected chi connectivity index (χ1v) is 7.26. The number of fused-ring (bicyclic) bond motifs is 1. The molecule has 0 radical (unpaired) electrons. The molecule has 0 spiro atoms. The Morgan fingerprint density at radius 1 is 1.48 bits per heavy atom. The number of carbonyl (C=O) groups excluding carboxylic acids is 1. The molecule has 1 N–H and O–H groups in total. The molecular weight excluding hydrogens is 294 g/mol. The number of halogens is 1. The number of benzene rings is 1. The molecule has 114 valence electrons. The Morgan fingerprint density at radius 3 is 2.67 bits per heavy atom. The third kappa shape index (κ3) is 2.83. The number of carbonyl (C=O) groups is 2. The van der Waals surface area contributed by atoms with E-state index < -0.39 is 18.1 Å². The van der Waals surface area contributed by atoms with Gasteiger partial charge in [-0.15, -0.1) is 0 Å². The molecule has 0 saturated heterocycles. The third-order valence-corrected chi connectivity index (χ3v) is 3.74. The van der Waals surface area contributed by atoms with E-state index in [0.717, 1.165) is 0 Å². The summed E-state index contributed by atoms with van der Waals surface area (Å²) >= 11 is 5.98. The van der Waals surface area contributed by atoms with E-state index in [9.17, 15) is 14.7 Å². The molecule has 2 atom stereocenters. The maximum absolute atomic E-state index is 12.6. The van der Waals surface area contributed by atoms with Gasteiger partial charge in [-0.2, -0.15) is 0 Å². The minimum atomic E-state index is -1.04. The number of aliphatic carboxylic acids is 1. The van der Waals surface area contributed by atoms with E-state index in [1.54, 1.807) is 25.1 Å². The molecule has 1 aliphatic heterocycles. The van der Waals surface area contributed by atoms with Gasteiger partial charge in [-0.05, 0) is 30.5 Å². The minimum absolute atomic E-state index is 0.0601. The average molecular weight is 312 g/mol. The fourth-order valence-electron chi connectivity index (χ4n) is 2.43. The molecule has 5 nitrogen and oxygen atoms in total. The fraction of sp³-hybridized carbons (Fsp3) is 0.467. The fourth-order valence-corrected chi connectivity index (χ4v) is 2.60. The summed E-state index contributed by atoms with van der Waals surface area (Å²) in [5, 5.41) is 9.82. The quantitative estimate of drug-likeness (QED) is 0.928. The Labute approximate surface area is 128 Å². The summed E-state index contributed by atoms with van der Waals surface area (Å²) in [5.74, 6) is -0.956. The largest absolute Gasteiger partial charge is 0.480 e. The molecule has 21 heavy (non-hydrogen) atoms. The molecule has 2 unspecified atom stereocenters. The van der Waals surface area contributed by atoms with Gasteiger partial charge in [-0.1, -0.05) is 32.4 Å². The molecule has 1 aromatic rings. The smallest absolute Gasteiger partial charge is 0.326 e. The SMILES string of the molecule is CCC(C(=O)O)N1C(=O)C(C(C)C)Oc2ccc(Cl)cc21. The number of amides is 1. The van der Waals surface area contributed by atoms with Crippen LogP contribution in [0.1, 0.15) is 27.2 Å². The van der Waals surface area contributed by atoms with Crippen molar-refractivity contribution in [3.63, 3.8) is 0 Å². The number of rotatable bonds is 4. The van der Waals surface area contributed by atoms with E-state index >= 15 is 0 Å².